The van der Waals surface area contributed by atoms with Crippen molar-refractivity contribution in [3.8, 4) is 62.3 Å². The van der Waals surface area contributed by atoms with Crippen LogP contribution in [0.2, 0.25) is 0 Å². The van der Waals surface area contributed by atoms with Crippen LogP contribution in [0.15, 0.2) is 194 Å². The van der Waals surface area contributed by atoms with Gasteiger partial charge in [0.25, 0.3) is 6.33 Å². The van der Waals surface area contributed by atoms with Crippen LogP contribution in [0.3, 0.4) is 0 Å². The first-order valence-corrected chi connectivity index (χ1v) is 20.6. The number of pyridine rings is 2. The molecule has 0 fully saturated rings. The Bertz CT molecular complexity index is 4050. The first-order valence-electron chi connectivity index (χ1n) is 26.6. The Balaban J connectivity index is 0.00000672. The van der Waals surface area contributed by atoms with Crippen molar-refractivity contribution in [3.05, 3.63) is 218 Å². The number of para-hydroxylation sites is 4. The van der Waals surface area contributed by atoms with Gasteiger partial charge in [-0.05, 0) is 74.4 Å². The second-order valence-corrected chi connectivity index (χ2v) is 16.1. The molecule has 0 aliphatic heterocycles. The summed E-state index contributed by atoms with van der Waals surface area (Å²) >= 11 is 0. The van der Waals surface area contributed by atoms with Gasteiger partial charge in [0.05, 0.1) is 30.4 Å². The molecule has 0 aliphatic carbocycles. The van der Waals surface area contributed by atoms with Crippen LogP contribution in [0, 0.1) is 23.9 Å². The minimum atomic E-state index is -1.69. The summed E-state index contributed by atoms with van der Waals surface area (Å²) in [5.74, 6) is 0.824. The number of fused-ring (bicyclic) bond motifs is 4. The fourth-order valence-electron chi connectivity index (χ4n) is 8.06. The van der Waals surface area contributed by atoms with Gasteiger partial charge in [0.15, 0.2) is 0 Å². The van der Waals surface area contributed by atoms with Crippen LogP contribution in [-0.4, -0.2) is 19.1 Å². The number of hydrogen-bond acceptors (Lipinski definition) is 3. The molecular weight excluding hydrogens is 978 g/mol. The molecule has 0 radical (unpaired) electrons. The Morgan fingerprint density at radius 2 is 1.35 bits per heavy atom. The van der Waals surface area contributed by atoms with Gasteiger partial charge in [0.1, 0.15) is 11.7 Å². The van der Waals surface area contributed by atoms with E-state index in [1.807, 2.05) is 98.1 Å². The first kappa shape index (κ1) is 29.9. The van der Waals surface area contributed by atoms with E-state index in [0.29, 0.717) is 39.3 Å². The second kappa shape index (κ2) is 17.3. The summed E-state index contributed by atoms with van der Waals surface area (Å²) in [6.07, 6.45) is 3.35. The van der Waals surface area contributed by atoms with E-state index in [1.54, 1.807) is 69.9 Å². The van der Waals surface area contributed by atoms with E-state index in [0.717, 1.165) is 21.9 Å². The van der Waals surface area contributed by atoms with Gasteiger partial charge in [-0.15, -0.1) is 17.5 Å². The molecule has 7 heteroatoms. The molecule has 0 unspecified atom stereocenters. The topological polar surface area (TPSA) is 48.8 Å². The smallest absolute Gasteiger partial charge is 0.267 e. The van der Waals surface area contributed by atoms with Crippen LogP contribution in [0.25, 0.3) is 83.5 Å². The minimum absolute atomic E-state index is 0. The van der Waals surface area contributed by atoms with Crippen molar-refractivity contribution in [2.24, 2.45) is 5.41 Å². The van der Waals surface area contributed by atoms with Crippen LogP contribution < -0.4 is 9.30 Å². The van der Waals surface area contributed by atoms with Crippen molar-refractivity contribution >= 4 is 32.8 Å². The molecule has 11 aromatic rings. The summed E-state index contributed by atoms with van der Waals surface area (Å²) < 4.78 is 118. The maximum absolute atomic E-state index is 9.09. The fraction of sp³-hybridized carbons (Fsp3) is 0.0862. The molecule has 318 valence electrons. The molecule has 0 bridgehead atoms. The van der Waals surface area contributed by atoms with Crippen molar-refractivity contribution in [3.63, 3.8) is 0 Å². The van der Waals surface area contributed by atoms with Crippen molar-refractivity contribution in [1.29, 1.82) is 0 Å². The minimum Gasteiger partial charge on any atom is -0.484 e. The molecule has 0 N–H and O–H groups in total. The molecule has 0 atom stereocenters. The Labute approximate surface area is 410 Å². The second-order valence-electron chi connectivity index (χ2n) is 16.1. The van der Waals surface area contributed by atoms with Gasteiger partial charge in [-0.2, -0.15) is 18.2 Å². The number of nitrogens with zero attached hydrogens (tertiary/aromatic N) is 5. The average molecular weight is 1030 g/mol. The number of hydrogen-bond donors (Lipinski definition) is 0. The van der Waals surface area contributed by atoms with Crippen LogP contribution in [0.1, 0.15) is 42.8 Å². The number of aromatic nitrogens is 5. The SMILES string of the molecule is [2H]c1c([2H])c([2H])c(-c2cccc(-c3c([2H])c([2H])c([2H])c([2H])c3[2H])c2-[n+]2[c-]n(-c3[c-]c(Oc4[c-]c5c(cc4)c4ccccc4n5-c4cc(C([2H])([2H])C(C)(C)C)ccn4)nc(-c4ccccc4)c3)c3ccccc32)c([2H])c1[2H].[Pt]. The van der Waals surface area contributed by atoms with Crippen molar-refractivity contribution < 1.29 is 46.8 Å². The van der Waals surface area contributed by atoms with E-state index in [4.69, 9.17) is 31.2 Å². The van der Waals surface area contributed by atoms with Crippen molar-refractivity contribution in [1.82, 2.24) is 19.1 Å². The fourth-order valence-corrected chi connectivity index (χ4v) is 8.06. The monoisotopic (exact) mass is 1030 g/mol. The van der Waals surface area contributed by atoms with Gasteiger partial charge in [-0.25, -0.2) is 4.98 Å². The molecular formula is C58H43N5OPt-2. The third-order valence-corrected chi connectivity index (χ3v) is 10.7. The van der Waals surface area contributed by atoms with Gasteiger partial charge < -0.3 is 13.9 Å². The summed E-state index contributed by atoms with van der Waals surface area (Å²) in [7, 11) is 0. The molecule has 6 nitrogen and oxygen atoms in total. The summed E-state index contributed by atoms with van der Waals surface area (Å²) in [5.41, 5.74) is 3.84. The predicted octanol–water partition coefficient (Wildman–Crippen LogP) is 13.6. The molecule has 0 spiro atoms. The van der Waals surface area contributed by atoms with Crippen LogP contribution >= 0.6 is 0 Å². The molecule has 4 heterocycles. The first-order chi connectivity index (χ1) is 36.3. The average Bonchev–Trinajstić information content (AvgIpc) is 4.07. The largest absolute Gasteiger partial charge is 0.484 e. The normalized spacial score (nSPS) is 14.4. The summed E-state index contributed by atoms with van der Waals surface area (Å²) in [6, 6.07) is 39.5. The molecule has 0 amide bonds. The Hall–Kier alpha value is -7.40. The number of ether oxygens (including phenoxy) is 1. The zero-order valence-corrected chi connectivity index (χ0v) is 37.4. The molecule has 0 aliphatic rings. The van der Waals surface area contributed by atoms with E-state index in [1.165, 1.54) is 0 Å². The van der Waals surface area contributed by atoms with E-state index >= 15 is 0 Å². The van der Waals surface area contributed by atoms with E-state index in [-0.39, 0.29) is 60.6 Å². The molecule has 65 heavy (non-hydrogen) atoms. The number of benzene rings is 7. The third-order valence-electron chi connectivity index (χ3n) is 10.7. The molecule has 0 saturated carbocycles. The van der Waals surface area contributed by atoms with Gasteiger partial charge in [-0.1, -0.05) is 183 Å². The van der Waals surface area contributed by atoms with Crippen LogP contribution in [0.5, 0.6) is 11.6 Å². The third kappa shape index (κ3) is 8.07. The van der Waals surface area contributed by atoms with Gasteiger partial charge in [0.2, 0.25) is 0 Å². The van der Waals surface area contributed by atoms with Crippen LogP contribution in [-0.2, 0) is 27.4 Å². The number of rotatable bonds is 9. The van der Waals surface area contributed by atoms with Crippen LogP contribution in [0.4, 0.5) is 0 Å². The Morgan fingerprint density at radius 1 is 0.677 bits per heavy atom. The van der Waals surface area contributed by atoms with E-state index in [9.17, 15) is 0 Å². The van der Waals surface area contributed by atoms with E-state index < -0.39 is 72.2 Å². The van der Waals surface area contributed by atoms with Gasteiger partial charge in [0, 0.05) is 41.3 Å². The van der Waals surface area contributed by atoms with E-state index in [2.05, 4.69) is 18.5 Å². The maximum Gasteiger partial charge on any atom is 0.267 e. The Kier molecular flexibility index (Phi) is 7.94. The van der Waals surface area contributed by atoms with Gasteiger partial charge >= 0.3 is 0 Å². The number of imidazole rings is 1. The predicted molar refractivity (Wildman–Crippen MR) is 257 cm³/mol. The standard InChI is InChI=1S/C58H43N5O.Pt/c1-58(2,3)38-40-32-33-59-55(34-40)63-51-27-14-13-24-48(51)49-31-30-45(37-54(49)63)64-56-36-44(35-50(60-56)43-22-11-6-12-23-43)61-39-62(53-29-16-15-28-52(53)61)57-46(41-18-7-4-8-19-41)25-17-26-47(57)42-20-9-5-10-21-42;/h4-35H,38H2,1-3H3;/q-2;/i4D,5D,7D,8D,9D,10D,18D,19D,20D,21D,38D2;. The summed E-state index contributed by atoms with van der Waals surface area (Å²) in [6.45, 7) is 5.58. The maximum atomic E-state index is 9.09. The van der Waals surface area contributed by atoms with Crippen molar-refractivity contribution in [2.45, 2.75) is 27.1 Å². The quantitative estimate of drug-likeness (QED) is 0.107. The molecule has 4 aromatic heterocycles. The molecule has 11 rings (SSSR count). The van der Waals surface area contributed by atoms with Gasteiger partial charge in [-0.3, -0.25) is 9.55 Å². The molecule has 7 aromatic carbocycles. The summed E-state index contributed by atoms with van der Waals surface area (Å²) in [5, 5.41) is 1.78. The zero-order valence-electron chi connectivity index (χ0n) is 47.2. The Morgan fingerprint density at radius 3 is 2.08 bits per heavy atom. The summed E-state index contributed by atoms with van der Waals surface area (Å²) in [4.78, 5) is 9.69. The van der Waals surface area contributed by atoms with Crippen molar-refractivity contribution in [2.75, 3.05) is 0 Å². The zero-order chi connectivity index (χ0) is 53.7. The molecule has 0 saturated heterocycles.